The molecule has 5 nitrogen and oxygen atoms in total. The van der Waals surface area contributed by atoms with E-state index in [1.54, 1.807) is 12.1 Å². The average molecular weight is 339 g/mol. The van der Waals surface area contributed by atoms with E-state index in [1.165, 1.54) is 4.90 Å². The molecule has 0 unspecified atom stereocenters. The molecule has 0 bridgehead atoms. The van der Waals surface area contributed by atoms with Crippen molar-refractivity contribution in [3.05, 3.63) is 22.7 Å². The van der Waals surface area contributed by atoms with Crippen LogP contribution in [0.15, 0.2) is 12.1 Å². The summed E-state index contributed by atoms with van der Waals surface area (Å²) in [6, 6.07) is 5.21. The van der Waals surface area contributed by atoms with Gasteiger partial charge in [0.1, 0.15) is 6.54 Å². The first-order chi connectivity index (χ1) is 11.1. The van der Waals surface area contributed by atoms with Gasteiger partial charge in [-0.3, -0.25) is 4.79 Å². The lowest BCUT2D eigenvalue weighted by Gasteiger charge is -2.20. The third-order valence-electron chi connectivity index (χ3n) is 3.05. The molecule has 126 valence electrons. The van der Waals surface area contributed by atoms with Crippen molar-refractivity contribution in [1.29, 1.82) is 5.26 Å². The normalized spacial score (nSPS) is 10.0. The van der Waals surface area contributed by atoms with Crippen LogP contribution >= 0.6 is 11.6 Å². The van der Waals surface area contributed by atoms with E-state index < -0.39 is 0 Å². The number of nitriles is 1. The fraction of sp³-hybridized carbons (Fsp3) is 0.529. The minimum absolute atomic E-state index is 0.0440. The number of ether oxygens (including phenoxy) is 2. The summed E-state index contributed by atoms with van der Waals surface area (Å²) in [5.74, 6) is 0.665. The first-order valence-electron chi connectivity index (χ1n) is 7.84. The molecule has 0 aliphatic rings. The number of hydrogen-bond donors (Lipinski definition) is 0. The van der Waals surface area contributed by atoms with Crippen LogP contribution < -0.4 is 9.47 Å². The van der Waals surface area contributed by atoms with E-state index in [-0.39, 0.29) is 12.5 Å². The highest BCUT2D eigenvalue weighted by Crippen LogP contribution is 2.37. The van der Waals surface area contributed by atoms with E-state index in [4.69, 9.17) is 26.3 Å². The molecular weight excluding hydrogens is 316 g/mol. The second-order valence-corrected chi connectivity index (χ2v) is 5.36. The molecule has 1 aromatic carbocycles. The smallest absolute Gasteiger partial charge is 0.254 e. The zero-order valence-corrected chi connectivity index (χ0v) is 14.7. The Hall–Kier alpha value is -1.93. The quantitative estimate of drug-likeness (QED) is 0.640. The summed E-state index contributed by atoms with van der Waals surface area (Å²) in [6.45, 7) is 7.32. The average Bonchev–Trinajstić information content (AvgIpc) is 2.53. The zero-order chi connectivity index (χ0) is 17.2. The Balaban J connectivity index is 3.16. The molecule has 1 amide bonds. The van der Waals surface area contributed by atoms with Crippen molar-refractivity contribution in [1.82, 2.24) is 4.90 Å². The minimum atomic E-state index is -0.238. The number of hydrogen-bond acceptors (Lipinski definition) is 4. The predicted molar refractivity (Wildman–Crippen MR) is 90.2 cm³/mol. The Morgan fingerprint density at radius 1 is 1.26 bits per heavy atom. The Kier molecular flexibility index (Phi) is 8.28. The van der Waals surface area contributed by atoms with Gasteiger partial charge >= 0.3 is 0 Å². The first kappa shape index (κ1) is 19.1. The SMILES string of the molecule is CCCOc1c(Cl)cc(C(=O)N(CC#N)CCC)cc1OCC. The predicted octanol–water partition coefficient (Wildman–Crippen LogP) is 3.90. The number of nitrogens with zero attached hydrogens (tertiary/aromatic N) is 2. The van der Waals surface area contributed by atoms with Crippen molar-refractivity contribution < 1.29 is 14.3 Å². The third-order valence-corrected chi connectivity index (χ3v) is 3.33. The summed E-state index contributed by atoms with van der Waals surface area (Å²) in [6.07, 6.45) is 1.62. The topological polar surface area (TPSA) is 62.6 Å². The number of halogens is 1. The van der Waals surface area contributed by atoms with E-state index >= 15 is 0 Å². The van der Waals surface area contributed by atoms with Gasteiger partial charge < -0.3 is 14.4 Å². The molecule has 0 heterocycles. The van der Waals surface area contributed by atoms with Crippen molar-refractivity contribution in [3.8, 4) is 17.6 Å². The van der Waals surface area contributed by atoms with E-state index in [1.807, 2.05) is 26.8 Å². The molecule has 0 spiro atoms. The number of amides is 1. The minimum Gasteiger partial charge on any atom is -0.490 e. The van der Waals surface area contributed by atoms with Crippen molar-refractivity contribution in [3.63, 3.8) is 0 Å². The third kappa shape index (κ3) is 5.33. The van der Waals surface area contributed by atoms with Crippen molar-refractivity contribution in [2.75, 3.05) is 26.3 Å². The van der Waals surface area contributed by atoms with Crippen LogP contribution in [0.2, 0.25) is 5.02 Å². The molecule has 0 aliphatic heterocycles. The first-order valence-corrected chi connectivity index (χ1v) is 8.22. The lowest BCUT2D eigenvalue weighted by molar-refractivity contribution is 0.0775. The summed E-state index contributed by atoms with van der Waals surface area (Å²) in [5.41, 5.74) is 0.394. The molecule has 0 atom stereocenters. The fourth-order valence-electron chi connectivity index (χ4n) is 2.09. The molecule has 0 saturated heterocycles. The van der Waals surface area contributed by atoms with E-state index in [0.29, 0.717) is 41.8 Å². The van der Waals surface area contributed by atoms with Gasteiger partial charge in [-0.25, -0.2) is 0 Å². The number of carbonyl (C=O) groups excluding carboxylic acids is 1. The molecule has 0 aliphatic carbocycles. The largest absolute Gasteiger partial charge is 0.490 e. The van der Waals surface area contributed by atoms with Gasteiger partial charge in [-0.15, -0.1) is 0 Å². The van der Waals surface area contributed by atoms with Crippen molar-refractivity contribution >= 4 is 17.5 Å². The maximum atomic E-state index is 12.6. The maximum absolute atomic E-state index is 12.6. The van der Waals surface area contributed by atoms with Crippen LogP contribution in [0.4, 0.5) is 0 Å². The maximum Gasteiger partial charge on any atom is 0.254 e. The van der Waals surface area contributed by atoms with Gasteiger partial charge in [0.15, 0.2) is 11.5 Å². The molecule has 0 N–H and O–H groups in total. The highest BCUT2D eigenvalue weighted by atomic mass is 35.5. The van der Waals surface area contributed by atoms with Gasteiger partial charge in [0.2, 0.25) is 0 Å². The Labute approximate surface area is 142 Å². The van der Waals surface area contributed by atoms with E-state index in [0.717, 1.165) is 12.8 Å². The molecule has 0 fully saturated rings. The van der Waals surface area contributed by atoms with Gasteiger partial charge in [0, 0.05) is 12.1 Å². The summed E-state index contributed by atoms with van der Waals surface area (Å²) in [4.78, 5) is 14.1. The molecule has 0 radical (unpaired) electrons. The molecular formula is C17H23ClN2O3. The van der Waals surface area contributed by atoms with Crippen LogP contribution in [0.5, 0.6) is 11.5 Å². The number of benzene rings is 1. The second-order valence-electron chi connectivity index (χ2n) is 4.95. The van der Waals surface area contributed by atoms with Crippen molar-refractivity contribution in [2.45, 2.75) is 33.6 Å². The van der Waals surface area contributed by atoms with Gasteiger partial charge in [-0.2, -0.15) is 5.26 Å². The Morgan fingerprint density at radius 3 is 2.57 bits per heavy atom. The van der Waals surface area contributed by atoms with Gasteiger partial charge in [-0.05, 0) is 31.9 Å². The van der Waals surface area contributed by atoms with Crippen LogP contribution in [0, 0.1) is 11.3 Å². The van der Waals surface area contributed by atoms with Crippen LogP contribution in [-0.2, 0) is 0 Å². The zero-order valence-electron chi connectivity index (χ0n) is 13.9. The number of carbonyl (C=O) groups is 1. The van der Waals surface area contributed by atoms with Gasteiger partial charge in [0.05, 0.1) is 24.3 Å². The fourth-order valence-corrected chi connectivity index (χ4v) is 2.35. The van der Waals surface area contributed by atoms with Gasteiger partial charge in [0.25, 0.3) is 5.91 Å². The summed E-state index contributed by atoms with van der Waals surface area (Å²) >= 11 is 6.27. The Morgan fingerprint density at radius 2 is 2.00 bits per heavy atom. The van der Waals surface area contributed by atoms with Crippen LogP contribution in [-0.4, -0.2) is 37.1 Å². The number of rotatable bonds is 9. The van der Waals surface area contributed by atoms with Gasteiger partial charge in [-0.1, -0.05) is 25.4 Å². The molecule has 1 rings (SSSR count). The summed E-state index contributed by atoms with van der Waals surface area (Å²) in [5, 5.41) is 9.21. The highest BCUT2D eigenvalue weighted by Gasteiger charge is 2.20. The standard InChI is InChI=1S/C17H23ClN2O3/c1-4-8-20(9-7-19)17(21)13-11-14(18)16(23-10-5-2)15(12-13)22-6-3/h11-12H,4-6,8-10H2,1-3H3. The summed E-state index contributed by atoms with van der Waals surface area (Å²) in [7, 11) is 0. The van der Waals surface area contributed by atoms with E-state index in [9.17, 15) is 4.79 Å². The molecule has 6 heteroatoms. The molecule has 1 aromatic rings. The lowest BCUT2D eigenvalue weighted by Crippen LogP contribution is -2.32. The molecule has 0 aromatic heterocycles. The van der Waals surface area contributed by atoms with Crippen LogP contribution in [0.25, 0.3) is 0 Å². The van der Waals surface area contributed by atoms with E-state index in [2.05, 4.69) is 0 Å². The molecule has 23 heavy (non-hydrogen) atoms. The second kappa shape index (κ2) is 9.96. The Bertz CT molecular complexity index is 570. The summed E-state index contributed by atoms with van der Waals surface area (Å²) < 4.78 is 11.2. The monoisotopic (exact) mass is 338 g/mol. The van der Waals surface area contributed by atoms with Crippen LogP contribution in [0.1, 0.15) is 44.0 Å². The highest BCUT2D eigenvalue weighted by molar-refractivity contribution is 6.32. The molecule has 0 saturated carbocycles. The van der Waals surface area contributed by atoms with Crippen LogP contribution in [0.3, 0.4) is 0 Å². The lowest BCUT2D eigenvalue weighted by atomic mass is 10.1. The van der Waals surface area contributed by atoms with Crippen molar-refractivity contribution in [2.24, 2.45) is 0 Å².